The van der Waals surface area contributed by atoms with Gasteiger partial charge in [0, 0.05) is 0 Å². The summed E-state index contributed by atoms with van der Waals surface area (Å²) < 4.78 is 0. The molecule has 0 aromatic heterocycles. The van der Waals surface area contributed by atoms with E-state index in [-0.39, 0.29) is 11.9 Å². The van der Waals surface area contributed by atoms with Crippen LogP contribution in [0.2, 0.25) is 5.02 Å². The van der Waals surface area contributed by atoms with Gasteiger partial charge in [0.1, 0.15) is 0 Å². The van der Waals surface area contributed by atoms with E-state index in [0.717, 1.165) is 25.8 Å². The topological polar surface area (TPSA) is 41.1 Å². The Hall–Kier alpha value is -1.06. The molecule has 1 aliphatic rings. The van der Waals surface area contributed by atoms with Crippen LogP contribution in [0.25, 0.3) is 0 Å². The molecule has 1 heterocycles. The predicted octanol–water partition coefficient (Wildman–Crippen LogP) is 2.42. The second kappa shape index (κ2) is 5.32. The maximum absolute atomic E-state index is 11.9. The molecule has 4 heteroatoms. The van der Waals surface area contributed by atoms with Gasteiger partial charge in [-0.3, -0.25) is 4.79 Å². The first-order chi connectivity index (χ1) is 7.77. The van der Waals surface area contributed by atoms with E-state index in [9.17, 15) is 4.79 Å². The average Bonchev–Trinajstić information content (AvgIpc) is 2.33. The minimum atomic E-state index is -0.0787. The lowest BCUT2D eigenvalue weighted by Gasteiger charge is -2.22. The molecule has 16 heavy (non-hydrogen) atoms. The number of rotatable bonds is 2. The molecule has 2 rings (SSSR count). The maximum atomic E-state index is 11.9. The number of hydrogen-bond donors (Lipinski definition) is 2. The Morgan fingerprint density at radius 2 is 2.19 bits per heavy atom. The van der Waals surface area contributed by atoms with Crippen molar-refractivity contribution < 1.29 is 4.79 Å². The monoisotopic (exact) mass is 238 g/mol. The van der Waals surface area contributed by atoms with Crippen molar-refractivity contribution in [2.75, 3.05) is 11.9 Å². The Labute approximate surface area is 100 Å². The summed E-state index contributed by atoms with van der Waals surface area (Å²) in [6.07, 6.45) is 3.15. The van der Waals surface area contributed by atoms with Crippen LogP contribution in [0, 0.1) is 0 Å². The quantitative estimate of drug-likeness (QED) is 0.831. The largest absolute Gasteiger partial charge is 0.323 e. The number of carbonyl (C=O) groups excluding carboxylic acids is 1. The van der Waals surface area contributed by atoms with Gasteiger partial charge >= 0.3 is 0 Å². The normalized spacial score (nSPS) is 20.4. The van der Waals surface area contributed by atoms with Crippen LogP contribution in [0.4, 0.5) is 5.69 Å². The molecule has 86 valence electrons. The molecule has 1 atom stereocenters. The van der Waals surface area contributed by atoms with Gasteiger partial charge in [-0.15, -0.1) is 0 Å². The highest BCUT2D eigenvalue weighted by Crippen LogP contribution is 2.21. The van der Waals surface area contributed by atoms with E-state index in [1.54, 1.807) is 6.07 Å². The van der Waals surface area contributed by atoms with E-state index in [0.29, 0.717) is 10.7 Å². The number of piperidine rings is 1. The molecule has 1 aromatic carbocycles. The molecule has 0 bridgehead atoms. The highest BCUT2D eigenvalue weighted by atomic mass is 35.5. The molecule has 1 fully saturated rings. The van der Waals surface area contributed by atoms with Crippen molar-refractivity contribution >= 4 is 23.2 Å². The second-order valence-corrected chi connectivity index (χ2v) is 4.38. The summed E-state index contributed by atoms with van der Waals surface area (Å²) in [6.45, 7) is 0.917. The number of amides is 1. The van der Waals surface area contributed by atoms with Gasteiger partial charge in [0.15, 0.2) is 0 Å². The molecule has 0 saturated carbocycles. The summed E-state index contributed by atoms with van der Waals surface area (Å²) in [4.78, 5) is 11.9. The molecule has 3 nitrogen and oxygen atoms in total. The second-order valence-electron chi connectivity index (χ2n) is 3.97. The molecule has 0 unspecified atom stereocenters. The lowest BCUT2D eigenvalue weighted by molar-refractivity contribution is -0.118. The third-order valence-corrected chi connectivity index (χ3v) is 3.09. The summed E-state index contributed by atoms with van der Waals surface area (Å²) in [6, 6.07) is 7.20. The highest BCUT2D eigenvalue weighted by Gasteiger charge is 2.20. The molecule has 1 amide bonds. The van der Waals surface area contributed by atoms with Crippen LogP contribution in [0.1, 0.15) is 19.3 Å². The first-order valence-corrected chi connectivity index (χ1v) is 5.94. The molecule has 2 N–H and O–H groups in total. The van der Waals surface area contributed by atoms with Gasteiger partial charge in [-0.05, 0) is 31.5 Å². The van der Waals surface area contributed by atoms with E-state index < -0.39 is 0 Å². The fraction of sp³-hybridized carbons (Fsp3) is 0.417. The van der Waals surface area contributed by atoms with Crippen molar-refractivity contribution in [2.24, 2.45) is 0 Å². The summed E-state index contributed by atoms with van der Waals surface area (Å²) in [5, 5.41) is 6.63. The number of benzene rings is 1. The third-order valence-electron chi connectivity index (χ3n) is 2.76. The van der Waals surface area contributed by atoms with Crippen molar-refractivity contribution in [2.45, 2.75) is 25.3 Å². The summed E-state index contributed by atoms with van der Waals surface area (Å²) in [5.74, 6) is 0.00722. The first-order valence-electron chi connectivity index (χ1n) is 5.56. The molecule has 0 spiro atoms. The van der Waals surface area contributed by atoms with E-state index in [2.05, 4.69) is 10.6 Å². The summed E-state index contributed by atoms with van der Waals surface area (Å²) in [7, 11) is 0. The van der Waals surface area contributed by atoms with Gasteiger partial charge in [0.25, 0.3) is 0 Å². The third kappa shape index (κ3) is 2.74. The number of hydrogen-bond acceptors (Lipinski definition) is 2. The van der Waals surface area contributed by atoms with Crippen molar-refractivity contribution in [3.63, 3.8) is 0 Å². The molecular formula is C12H15ClN2O. The Balaban J connectivity index is 1.99. The highest BCUT2D eigenvalue weighted by molar-refractivity contribution is 6.33. The first kappa shape index (κ1) is 11.4. The van der Waals surface area contributed by atoms with Crippen molar-refractivity contribution in [1.29, 1.82) is 0 Å². The van der Waals surface area contributed by atoms with Crippen LogP contribution in [-0.4, -0.2) is 18.5 Å². The van der Waals surface area contributed by atoms with Crippen LogP contribution < -0.4 is 10.6 Å². The van der Waals surface area contributed by atoms with E-state index in [1.807, 2.05) is 18.2 Å². The number of halogens is 1. The summed E-state index contributed by atoms with van der Waals surface area (Å²) >= 11 is 5.97. The molecular weight excluding hydrogens is 224 g/mol. The van der Waals surface area contributed by atoms with Crippen molar-refractivity contribution in [1.82, 2.24) is 5.32 Å². The fourth-order valence-corrected chi connectivity index (χ4v) is 2.04. The minimum absolute atomic E-state index is 0.00722. The zero-order chi connectivity index (χ0) is 11.4. The lowest BCUT2D eigenvalue weighted by atomic mass is 10.0. The fourth-order valence-electron chi connectivity index (χ4n) is 1.86. The smallest absolute Gasteiger partial charge is 0.241 e. The Kier molecular flexibility index (Phi) is 3.80. The zero-order valence-corrected chi connectivity index (χ0v) is 9.76. The van der Waals surface area contributed by atoms with Gasteiger partial charge in [0.05, 0.1) is 16.8 Å². The number of nitrogens with one attached hydrogen (secondary N) is 2. The molecule has 1 aliphatic heterocycles. The van der Waals surface area contributed by atoms with Gasteiger partial charge in [-0.25, -0.2) is 0 Å². The molecule has 1 aromatic rings. The van der Waals surface area contributed by atoms with Crippen molar-refractivity contribution in [3.8, 4) is 0 Å². The SMILES string of the molecule is O=C(Nc1ccccc1Cl)[C@H]1CCCCN1. The van der Waals surface area contributed by atoms with Crippen LogP contribution in [0.15, 0.2) is 24.3 Å². The Bertz CT molecular complexity index is 375. The van der Waals surface area contributed by atoms with Gasteiger partial charge in [0.2, 0.25) is 5.91 Å². The molecule has 1 saturated heterocycles. The zero-order valence-electron chi connectivity index (χ0n) is 9.00. The van der Waals surface area contributed by atoms with E-state index in [1.165, 1.54) is 0 Å². The minimum Gasteiger partial charge on any atom is -0.323 e. The number of anilines is 1. The van der Waals surface area contributed by atoms with E-state index >= 15 is 0 Å². The van der Waals surface area contributed by atoms with Crippen LogP contribution in [0.5, 0.6) is 0 Å². The standard InChI is InChI=1S/C12H15ClN2O/c13-9-5-1-2-6-10(9)15-12(16)11-7-3-4-8-14-11/h1-2,5-6,11,14H,3-4,7-8H2,(H,15,16)/t11-/m1/s1. The van der Waals surface area contributed by atoms with Gasteiger partial charge in [-0.1, -0.05) is 30.2 Å². The summed E-state index contributed by atoms with van der Waals surface area (Å²) in [5.41, 5.74) is 0.682. The molecule has 0 aliphatic carbocycles. The number of para-hydroxylation sites is 1. The molecule has 0 radical (unpaired) electrons. The van der Waals surface area contributed by atoms with Gasteiger partial charge < -0.3 is 10.6 Å². The predicted molar refractivity (Wildman–Crippen MR) is 65.7 cm³/mol. The average molecular weight is 239 g/mol. The van der Waals surface area contributed by atoms with Crippen molar-refractivity contribution in [3.05, 3.63) is 29.3 Å². The number of carbonyl (C=O) groups is 1. The van der Waals surface area contributed by atoms with Crippen LogP contribution in [-0.2, 0) is 4.79 Å². The maximum Gasteiger partial charge on any atom is 0.241 e. The van der Waals surface area contributed by atoms with Gasteiger partial charge in [-0.2, -0.15) is 0 Å². The Morgan fingerprint density at radius 3 is 2.88 bits per heavy atom. The van der Waals surface area contributed by atoms with Crippen LogP contribution in [0.3, 0.4) is 0 Å². The lowest BCUT2D eigenvalue weighted by Crippen LogP contribution is -2.43. The van der Waals surface area contributed by atoms with Crippen LogP contribution >= 0.6 is 11.6 Å². The Morgan fingerprint density at radius 1 is 1.38 bits per heavy atom. The van der Waals surface area contributed by atoms with E-state index in [4.69, 9.17) is 11.6 Å².